The summed E-state index contributed by atoms with van der Waals surface area (Å²) in [5.41, 5.74) is 1.30. The summed E-state index contributed by atoms with van der Waals surface area (Å²) in [4.78, 5) is 37.3. The van der Waals surface area contributed by atoms with Gasteiger partial charge in [0.15, 0.2) is 0 Å². The molecule has 0 atom stereocenters. The van der Waals surface area contributed by atoms with Gasteiger partial charge in [-0.2, -0.15) is 0 Å². The molecule has 7 nitrogen and oxygen atoms in total. The Labute approximate surface area is 189 Å². The zero-order valence-electron chi connectivity index (χ0n) is 18.6. The summed E-state index contributed by atoms with van der Waals surface area (Å²) in [5.74, 6) is 1.54. The summed E-state index contributed by atoms with van der Waals surface area (Å²) in [5, 5.41) is 0. The van der Waals surface area contributed by atoms with Crippen molar-refractivity contribution in [1.29, 1.82) is 0 Å². The van der Waals surface area contributed by atoms with Crippen LogP contribution in [0.5, 0.6) is 5.75 Å². The van der Waals surface area contributed by atoms with Crippen LogP contribution >= 0.6 is 0 Å². The van der Waals surface area contributed by atoms with Crippen molar-refractivity contribution in [2.75, 3.05) is 32.8 Å². The number of carbonyl (C=O) groups is 2. The molecule has 0 spiro atoms. The molecule has 4 rings (SSSR count). The number of piperazine rings is 1. The Kier molecular flexibility index (Phi) is 7.69. The highest BCUT2D eigenvalue weighted by molar-refractivity contribution is 5.94. The van der Waals surface area contributed by atoms with Crippen molar-refractivity contribution in [1.82, 2.24) is 19.8 Å². The highest BCUT2D eigenvalue weighted by atomic mass is 16.5. The second-order valence-corrected chi connectivity index (χ2v) is 8.72. The van der Waals surface area contributed by atoms with E-state index in [2.05, 4.69) is 9.97 Å². The number of benzene rings is 1. The van der Waals surface area contributed by atoms with Gasteiger partial charge in [-0.25, -0.2) is 0 Å². The smallest absolute Gasteiger partial charge is 0.254 e. The molecule has 1 saturated heterocycles. The molecule has 1 aliphatic heterocycles. The summed E-state index contributed by atoms with van der Waals surface area (Å²) >= 11 is 0. The van der Waals surface area contributed by atoms with E-state index in [4.69, 9.17) is 4.74 Å². The summed E-state index contributed by atoms with van der Waals surface area (Å²) in [6.07, 6.45) is 12.8. The fourth-order valence-electron chi connectivity index (χ4n) is 4.57. The van der Waals surface area contributed by atoms with Crippen molar-refractivity contribution in [3.63, 3.8) is 0 Å². The SMILES string of the molecule is O=C(Cc1cnccn1)N1CCN(C(=O)c2cccc(OCCC3CCCCC3)c2)CC1. The molecule has 0 radical (unpaired) electrons. The number of ether oxygens (including phenoxy) is 1. The molecule has 7 heteroatoms. The number of carbonyl (C=O) groups excluding carboxylic acids is 2. The van der Waals surface area contributed by atoms with Crippen LogP contribution in [0.15, 0.2) is 42.9 Å². The average Bonchev–Trinajstić information content (AvgIpc) is 2.85. The molecule has 2 aromatic rings. The standard InChI is InChI=1S/C25H32N4O3/c30-24(18-22-19-26-10-11-27-22)28-12-14-29(15-13-28)25(31)21-7-4-8-23(17-21)32-16-9-20-5-2-1-3-6-20/h4,7-8,10-11,17,19-20H,1-3,5-6,9,12-16,18H2. The Morgan fingerprint density at radius 1 is 1.00 bits per heavy atom. The second-order valence-electron chi connectivity index (χ2n) is 8.72. The van der Waals surface area contributed by atoms with Crippen molar-refractivity contribution in [3.8, 4) is 5.75 Å². The number of nitrogens with zero attached hydrogens (tertiary/aromatic N) is 4. The fourth-order valence-corrected chi connectivity index (χ4v) is 4.57. The van der Waals surface area contributed by atoms with Gasteiger partial charge in [0.05, 0.1) is 18.7 Å². The Hall–Kier alpha value is -2.96. The molecule has 1 aromatic carbocycles. The molecule has 0 unspecified atom stereocenters. The molecule has 2 fully saturated rings. The van der Waals surface area contributed by atoms with Crippen molar-refractivity contribution in [3.05, 3.63) is 54.1 Å². The highest BCUT2D eigenvalue weighted by Gasteiger charge is 2.25. The van der Waals surface area contributed by atoms with Gasteiger partial charge in [0.25, 0.3) is 5.91 Å². The van der Waals surface area contributed by atoms with Gasteiger partial charge in [0.2, 0.25) is 5.91 Å². The highest BCUT2D eigenvalue weighted by Crippen LogP contribution is 2.26. The Morgan fingerprint density at radius 3 is 2.53 bits per heavy atom. The summed E-state index contributed by atoms with van der Waals surface area (Å²) < 4.78 is 5.96. The first-order valence-corrected chi connectivity index (χ1v) is 11.7. The summed E-state index contributed by atoms with van der Waals surface area (Å²) in [6, 6.07) is 7.47. The number of amides is 2. The minimum absolute atomic E-state index is 0.0104. The Morgan fingerprint density at radius 2 is 1.78 bits per heavy atom. The van der Waals surface area contributed by atoms with E-state index in [1.54, 1.807) is 23.5 Å². The van der Waals surface area contributed by atoms with Gasteiger partial charge in [0.1, 0.15) is 5.75 Å². The number of hydrogen-bond donors (Lipinski definition) is 0. The molecule has 2 aliphatic rings. The number of hydrogen-bond acceptors (Lipinski definition) is 5. The maximum Gasteiger partial charge on any atom is 0.254 e. The van der Waals surface area contributed by atoms with Crippen LogP contribution in [0.3, 0.4) is 0 Å². The van der Waals surface area contributed by atoms with E-state index >= 15 is 0 Å². The minimum atomic E-state index is -0.0104. The van der Waals surface area contributed by atoms with E-state index in [0.29, 0.717) is 44.0 Å². The van der Waals surface area contributed by atoms with Crippen LogP contribution in [-0.4, -0.2) is 64.4 Å². The molecule has 2 amide bonds. The maximum absolute atomic E-state index is 13.0. The van der Waals surface area contributed by atoms with Gasteiger partial charge in [0, 0.05) is 50.3 Å². The molecule has 1 saturated carbocycles. The topological polar surface area (TPSA) is 75.6 Å². The zero-order chi connectivity index (χ0) is 22.2. The predicted octanol–water partition coefficient (Wildman–Crippen LogP) is 3.35. The lowest BCUT2D eigenvalue weighted by Crippen LogP contribution is -2.51. The first kappa shape index (κ1) is 22.2. The third-order valence-electron chi connectivity index (χ3n) is 6.47. The van der Waals surface area contributed by atoms with Gasteiger partial charge in [-0.1, -0.05) is 38.2 Å². The summed E-state index contributed by atoms with van der Waals surface area (Å²) in [7, 11) is 0. The van der Waals surface area contributed by atoms with Crippen molar-refractivity contribution in [2.45, 2.75) is 44.9 Å². The minimum Gasteiger partial charge on any atom is -0.494 e. The number of rotatable bonds is 7. The normalized spacial score (nSPS) is 17.2. The van der Waals surface area contributed by atoms with Crippen LogP contribution in [0.25, 0.3) is 0 Å². The number of aromatic nitrogens is 2. The lowest BCUT2D eigenvalue weighted by molar-refractivity contribution is -0.132. The Bertz CT molecular complexity index is 891. The monoisotopic (exact) mass is 436 g/mol. The van der Waals surface area contributed by atoms with Gasteiger partial charge in [-0.05, 0) is 30.5 Å². The van der Waals surface area contributed by atoms with Crippen LogP contribution < -0.4 is 4.74 Å². The van der Waals surface area contributed by atoms with E-state index in [1.807, 2.05) is 29.2 Å². The predicted molar refractivity (Wildman–Crippen MR) is 121 cm³/mol. The largest absolute Gasteiger partial charge is 0.494 e. The fraction of sp³-hybridized carbons (Fsp3) is 0.520. The van der Waals surface area contributed by atoms with Crippen LogP contribution in [0.4, 0.5) is 0 Å². The molecule has 32 heavy (non-hydrogen) atoms. The molecule has 1 aliphatic carbocycles. The molecule has 170 valence electrons. The van der Waals surface area contributed by atoms with Gasteiger partial charge >= 0.3 is 0 Å². The maximum atomic E-state index is 13.0. The molecule has 0 bridgehead atoms. The molecular weight excluding hydrogens is 404 g/mol. The van der Waals surface area contributed by atoms with Gasteiger partial charge in [-0.3, -0.25) is 19.6 Å². The van der Waals surface area contributed by atoms with Crippen LogP contribution in [0.1, 0.15) is 54.6 Å². The first-order chi connectivity index (χ1) is 15.7. The van der Waals surface area contributed by atoms with Gasteiger partial charge in [-0.15, -0.1) is 0 Å². The molecule has 1 aromatic heterocycles. The Balaban J connectivity index is 1.24. The van der Waals surface area contributed by atoms with E-state index in [-0.39, 0.29) is 18.2 Å². The third kappa shape index (κ3) is 6.05. The van der Waals surface area contributed by atoms with Crippen LogP contribution in [0.2, 0.25) is 0 Å². The average molecular weight is 437 g/mol. The lowest BCUT2D eigenvalue weighted by Gasteiger charge is -2.34. The van der Waals surface area contributed by atoms with Crippen molar-refractivity contribution >= 4 is 11.8 Å². The second kappa shape index (κ2) is 11.1. The molecular formula is C25H32N4O3. The van der Waals surface area contributed by atoms with E-state index in [0.717, 1.165) is 18.1 Å². The van der Waals surface area contributed by atoms with Gasteiger partial charge < -0.3 is 14.5 Å². The quantitative estimate of drug-likeness (QED) is 0.665. The van der Waals surface area contributed by atoms with Crippen LogP contribution in [-0.2, 0) is 11.2 Å². The third-order valence-corrected chi connectivity index (χ3v) is 6.47. The van der Waals surface area contributed by atoms with E-state index in [9.17, 15) is 9.59 Å². The van der Waals surface area contributed by atoms with Crippen molar-refractivity contribution < 1.29 is 14.3 Å². The molecule has 2 heterocycles. The molecule has 0 N–H and O–H groups in total. The first-order valence-electron chi connectivity index (χ1n) is 11.7. The lowest BCUT2D eigenvalue weighted by atomic mass is 9.87. The van der Waals surface area contributed by atoms with Crippen LogP contribution in [0, 0.1) is 5.92 Å². The summed E-state index contributed by atoms with van der Waals surface area (Å²) in [6.45, 7) is 2.81. The van der Waals surface area contributed by atoms with E-state index < -0.39 is 0 Å². The van der Waals surface area contributed by atoms with Crippen molar-refractivity contribution in [2.24, 2.45) is 5.92 Å². The zero-order valence-corrected chi connectivity index (χ0v) is 18.6. The van der Waals surface area contributed by atoms with E-state index in [1.165, 1.54) is 32.1 Å².